The maximum absolute atomic E-state index is 12.3. The van der Waals surface area contributed by atoms with Crippen molar-refractivity contribution in [2.75, 3.05) is 5.32 Å². The summed E-state index contributed by atoms with van der Waals surface area (Å²) in [6, 6.07) is 23.3. The minimum atomic E-state index is -0.284. The van der Waals surface area contributed by atoms with Gasteiger partial charge in [0.05, 0.1) is 5.56 Å². The second-order valence-electron chi connectivity index (χ2n) is 6.08. The van der Waals surface area contributed by atoms with Crippen LogP contribution in [0.4, 0.5) is 5.69 Å². The largest absolute Gasteiger partial charge is 0.489 e. The van der Waals surface area contributed by atoms with Gasteiger partial charge >= 0.3 is 0 Å². The molecule has 3 aromatic rings. The van der Waals surface area contributed by atoms with E-state index < -0.39 is 0 Å². The molecule has 1 unspecified atom stereocenters. The Labute approximate surface area is 160 Å². The SMILES string of the molecule is O=C1NC(c2cccc(OCc3ccc(Br)cc3)c2)Nc2ccccc21. The molecule has 0 aromatic heterocycles. The van der Waals surface area contributed by atoms with Gasteiger partial charge in [-0.15, -0.1) is 0 Å². The summed E-state index contributed by atoms with van der Waals surface area (Å²) in [5.41, 5.74) is 3.53. The number of fused-ring (bicyclic) bond motifs is 1. The molecule has 1 atom stereocenters. The van der Waals surface area contributed by atoms with Gasteiger partial charge in [0, 0.05) is 10.2 Å². The summed E-state index contributed by atoms with van der Waals surface area (Å²) in [6.07, 6.45) is -0.284. The van der Waals surface area contributed by atoms with Crippen molar-refractivity contribution in [3.8, 4) is 5.75 Å². The van der Waals surface area contributed by atoms with Crippen molar-refractivity contribution in [2.24, 2.45) is 0 Å². The highest BCUT2D eigenvalue weighted by molar-refractivity contribution is 9.10. The Morgan fingerprint density at radius 1 is 0.923 bits per heavy atom. The first-order valence-corrected chi connectivity index (χ1v) is 9.12. The van der Waals surface area contributed by atoms with E-state index in [0.717, 1.165) is 27.0 Å². The number of nitrogens with one attached hydrogen (secondary N) is 2. The molecule has 0 bridgehead atoms. The summed E-state index contributed by atoms with van der Waals surface area (Å²) in [4.78, 5) is 12.3. The number of halogens is 1. The quantitative estimate of drug-likeness (QED) is 0.646. The number of hydrogen-bond acceptors (Lipinski definition) is 3. The standard InChI is InChI=1S/C21H17BrN2O2/c22-16-10-8-14(9-11-16)13-26-17-5-3-4-15(12-17)20-23-19-7-2-1-6-18(19)21(25)24-20/h1-12,20,23H,13H2,(H,24,25). The number of amides is 1. The van der Waals surface area contributed by atoms with Gasteiger partial charge in [-0.1, -0.05) is 52.3 Å². The van der Waals surface area contributed by atoms with Gasteiger partial charge in [0.1, 0.15) is 18.5 Å². The van der Waals surface area contributed by atoms with Crippen molar-refractivity contribution in [3.05, 3.63) is 94.0 Å². The first-order chi connectivity index (χ1) is 12.7. The molecule has 0 radical (unpaired) electrons. The number of rotatable bonds is 4. The Balaban J connectivity index is 1.49. The first-order valence-electron chi connectivity index (χ1n) is 8.33. The molecule has 0 saturated heterocycles. The van der Waals surface area contributed by atoms with Gasteiger partial charge in [-0.05, 0) is 47.5 Å². The minimum Gasteiger partial charge on any atom is -0.489 e. The summed E-state index contributed by atoms with van der Waals surface area (Å²) in [6.45, 7) is 0.490. The molecule has 2 N–H and O–H groups in total. The molecular formula is C21H17BrN2O2. The zero-order chi connectivity index (χ0) is 17.9. The van der Waals surface area contributed by atoms with Gasteiger partial charge in [0.25, 0.3) is 5.91 Å². The third kappa shape index (κ3) is 3.58. The zero-order valence-electron chi connectivity index (χ0n) is 13.9. The van der Waals surface area contributed by atoms with Crippen LogP contribution in [0.3, 0.4) is 0 Å². The van der Waals surface area contributed by atoms with E-state index in [1.807, 2.05) is 72.8 Å². The van der Waals surface area contributed by atoms with Crippen molar-refractivity contribution in [3.63, 3.8) is 0 Å². The molecule has 4 nitrogen and oxygen atoms in total. The fourth-order valence-electron chi connectivity index (χ4n) is 2.91. The summed E-state index contributed by atoms with van der Waals surface area (Å²) in [5, 5.41) is 6.34. The molecule has 5 heteroatoms. The van der Waals surface area contributed by atoms with Crippen molar-refractivity contribution >= 4 is 27.5 Å². The van der Waals surface area contributed by atoms with Crippen LogP contribution in [0.15, 0.2) is 77.3 Å². The third-order valence-corrected chi connectivity index (χ3v) is 4.79. The van der Waals surface area contributed by atoms with E-state index in [2.05, 4.69) is 26.6 Å². The van der Waals surface area contributed by atoms with Crippen molar-refractivity contribution in [1.82, 2.24) is 5.32 Å². The van der Waals surface area contributed by atoms with E-state index in [1.165, 1.54) is 0 Å². The Morgan fingerprint density at radius 2 is 1.73 bits per heavy atom. The van der Waals surface area contributed by atoms with Crippen molar-refractivity contribution in [1.29, 1.82) is 0 Å². The number of carbonyl (C=O) groups excluding carboxylic acids is 1. The monoisotopic (exact) mass is 408 g/mol. The van der Waals surface area contributed by atoms with Crippen LogP contribution in [0.5, 0.6) is 5.75 Å². The molecular weight excluding hydrogens is 392 g/mol. The molecule has 1 aliphatic heterocycles. The lowest BCUT2D eigenvalue weighted by Gasteiger charge is -2.28. The van der Waals surface area contributed by atoms with E-state index in [4.69, 9.17) is 4.74 Å². The summed E-state index contributed by atoms with van der Waals surface area (Å²) >= 11 is 3.43. The van der Waals surface area contributed by atoms with Crippen LogP contribution in [0.25, 0.3) is 0 Å². The van der Waals surface area contributed by atoms with Crippen LogP contribution < -0.4 is 15.4 Å². The lowest BCUT2D eigenvalue weighted by Crippen LogP contribution is -2.38. The average molecular weight is 409 g/mol. The van der Waals surface area contributed by atoms with Crippen molar-refractivity contribution in [2.45, 2.75) is 12.8 Å². The molecule has 0 fully saturated rings. The molecule has 0 spiro atoms. The van der Waals surface area contributed by atoms with Crippen molar-refractivity contribution < 1.29 is 9.53 Å². The van der Waals surface area contributed by atoms with E-state index in [1.54, 1.807) is 0 Å². The number of carbonyl (C=O) groups is 1. The van der Waals surface area contributed by atoms with Gasteiger partial charge in [-0.3, -0.25) is 4.79 Å². The van der Waals surface area contributed by atoms with Gasteiger partial charge in [-0.25, -0.2) is 0 Å². The van der Waals surface area contributed by atoms with E-state index in [0.29, 0.717) is 12.2 Å². The molecule has 1 aliphatic rings. The van der Waals surface area contributed by atoms with E-state index in [-0.39, 0.29) is 12.1 Å². The Hall–Kier alpha value is -2.79. The maximum Gasteiger partial charge on any atom is 0.255 e. The average Bonchev–Trinajstić information content (AvgIpc) is 2.68. The van der Waals surface area contributed by atoms with Gasteiger partial charge in [0.2, 0.25) is 0 Å². The molecule has 130 valence electrons. The Morgan fingerprint density at radius 3 is 2.58 bits per heavy atom. The number of para-hydroxylation sites is 1. The van der Waals surface area contributed by atoms with E-state index >= 15 is 0 Å². The van der Waals surface area contributed by atoms with Crippen LogP contribution in [0.1, 0.15) is 27.7 Å². The van der Waals surface area contributed by atoms with Gasteiger partial charge in [-0.2, -0.15) is 0 Å². The zero-order valence-corrected chi connectivity index (χ0v) is 15.5. The molecule has 0 saturated carbocycles. The lowest BCUT2D eigenvalue weighted by molar-refractivity contribution is 0.0935. The fourth-order valence-corrected chi connectivity index (χ4v) is 3.17. The highest BCUT2D eigenvalue weighted by atomic mass is 79.9. The smallest absolute Gasteiger partial charge is 0.255 e. The lowest BCUT2D eigenvalue weighted by atomic mass is 10.1. The molecule has 26 heavy (non-hydrogen) atoms. The molecule has 1 amide bonds. The van der Waals surface area contributed by atoms with Crippen LogP contribution in [-0.4, -0.2) is 5.91 Å². The maximum atomic E-state index is 12.3. The first kappa shape index (κ1) is 16.7. The second-order valence-corrected chi connectivity index (χ2v) is 7.00. The molecule has 1 heterocycles. The number of benzene rings is 3. The summed E-state index contributed by atoms with van der Waals surface area (Å²) in [5.74, 6) is 0.686. The van der Waals surface area contributed by atoms with Gasteiger partial charge in [0.15, 0.2) is 0 Å². The normalized spacial score (nSPS) is 15.6. The summed E-state index contributed by atoms with van der Waals surface area (Å²) < 4.78 is 6.95. The minimum absolute atomic E-state index is 0.0782. The molecule has 3 aromatic carbocycles. The predicted octanol–water partition coefficient (Wildman–Crippen LogP) is 4.88. The van der Waals surface area contributed by atoms with Crippen LogP contribution in [0.2, 0.25) is 0 Å². The molecule has 4 rings (SSSR count). The predicted molar refractivity (Wildman–Crippen MR) is 105 cm³/mol. The Bertz CT molecular complexity index is 941. The topological polar surface area (TPSA) is 50.4 Å². The highest BCUT2D eigenvalue weighted by Gasteiger charge is 2.24. The fraction of sp³-hybridized carbons (Fsp3) is 0.0952. The number of ether oxygens (including phenoxy) is 1. The van der Waals surface area contributed by atoms with Gasteiger partial charge < -0.3 is 15.4 Å². The van der Waals surface area contributed by atoms with Crippen LogP contribution >= 0.6 is 15.9 Å². The Kier molecular flexibility index (Phi) is 4.63. The number of anilines is 1. The van der Waals surface area contributed by atoms with Crippen LogP contribution in [0, 0.1) is 0 Å². The number of hydrogen-bond donors (Lipinski definition) is 2. The third-order valence-electron chi connectivity index (χ3n) is 4.26. The highest BCUT2D eigenvalue weighted by Crippen LogP contribution is 2.28. The second kappa shape index (κ2) is 7.22. The molecule has 0 aliphatic carbocycles. The van der Waals surface area contributed by atoms with Crippen LogP contribution in [-0.2, 0) is 6.61 Å². The summed E-state index contributed by atoms with van der Waals surface area (Å²) in [7, 11) is 0. The van der Waals surface area contributed by atoms with E-state index in [9.17, 15) is 4.79 Å².